The number of hydrogen-bond donors (Lipinski definition) is 0. The molecule has 1 heterocycles. The Morgan fingerprint density at radius 3 is 3.08 bits per heavy atom. The smallest absolute Gasteiger partial charge is 0.0163 e. The zero-order valence-corrected chi connectivity index (χ0v) is 10.1. The highest BCUT2D eigenvalue weighted by atomic mass is 79.9. The van der Waals surface area contributed by atoms with Gasteiger partial charge in [-0.2, -0.15) is 0 Å². The molecule has 0 aromatic carbocycles. The van der Waals surface area contributed by atoms with Crippen LogP contribution in [0.4, 0.5) is 0 Å². The fourth-order valence-electron chi connectivity index (χ4n) is 1.96. The molecule has 0 spiro atoms. The molecule has 1 atom stereocenters. The van der Waals surface area contributed by atoms with Crippen LogP contribution in [0.25, 0.3) is 0 Å². The van der Waals surface area contributed by atoms with Gasteiger partial charge in [-0.25, -0.2) is 0 Å². The summed E-state index contributed by atoms with van der Waals surface area (Å²) >= 11 is 3.52. The number of hydrogen-bond acceptors (Lipinski definition) is 1. The normalized spacial score (nSPS) is 25.5. The summed E-state index contributed by atoms with van der Waals surface area (Å²) in [6.45, 7) is 5.84. The van der Waals surface area contributed by atoms with Crippen LogP contribution in [0.3, 0.4) is 0 Å². The Hall–Kier alpha value is 0.180. The minimum absolute atomic E-state index is 0.929. The molecule has 0 saturated carbocycles. The Balaban J connectivity index is 2.24. The zero-order valence-electron chi connectivity index (χ0n) is 8.51. The van der Waals surface area contributed by atoms with Crippen molar-refractivity contribution in [2.45, 2.75) is 26.2 Å². The van der Waals surface area contributed by atoms with E-state index in [0.717, 1.165) is 17.8 Å². The molecule has 1 aliphatic rings. The predicted molar refractivity (Wildman–Crippen MR) is 62.4 cm³/mol. The maximum absolute atomic E-state index is 3.52. The van der Waals surface area contributed by atoms with Crippen molar-refractivity contribution in [1.82, 2.24) is 4.90 Å². The van der Waals surface area contributed by atoms with Crippen LogP contribution >= 0.6 is 15.9 Å². The molecule has 1 fully saturated rings. The third kappa shape index (κ3) is 4.28. The molecule has 0 N–H and O–H groups in total. The molecule has 0 aromatic heterocycles. The molecule has 0 bridgehead atoms. The van der Waals surface area contributed by atoms with Crippen LogP contribution < -0.4 is 0 Å². The van der Waals surface area contributed by atoms with E-state index in [1.54, 1.807) is 0 Å². The highest BCUT2D eigenvalue weighted by molar-refractivity contribution is 9.09. The van der Waals surface area contributed by atoms with Crippen molar-refractivity contribution in [3.8, 4) is 0 Å². The van der Waals surface area contributed by atoms with Crippen molar-refractivity contribution in [1.29, 1.82) is 0 Å². The second-order valence-corrected chi connectivity index (χ2v) is 4.61. The number of likely N-dealkylation sites (tertiary alicyclic amines) is 1. The summed E-state index contributed by atoms with van der Waals surface area (Å²) in [7, 11) is 0. The number of halogens is 1. The van der Waals surface area contributed by atoms with Gasteiger partial charge in [-0.3, -0.25) is 4.90 Å². The van der Waals surface area contributed by atoms with Gasteiger partial charge in [0.05, 0.1) is 0 Å². The number of alkyl halides is 1. The van der Waals surface area contributed by atoms with E-state index in [1.807, 2.05) is 0 Å². The minimum atomic E-state index is 0.929. The molecule has 1 unspecified atom stereocenters. The maximum atomic E-state index is 3.52. The first-order chi connectivity index (χ1) is 6.36. The molecule has 0 aliphatic carbocycles. The van der Waals surface area contributed by atoms with Gasteiger partial charge in [0.15, 0.2) is 0 Å². The maximum Gasteiger partial charge on any atom is 0.0163 e. The van der Waals surface area contributed by atoms with Gasteiger partial charge in [0, 0.05) is 18.4 Å². The molecule has 0 radical (unpaired) electrons. The average Bonchev–Trinajstić information content (AvgIpc) is 2.16. The van der Waals surface area contributed by atoms with E-state index in [0.29, 0.717) is 0 Å². The van der Waals surface area contributed by atoms with E-state index in [-0.39, 0.29) is 0 Å². The standard InChI is InChI=1S/C11H20BrN/c1-2-3-8-13-9-4-5-11(10-13)6-7-12/h2-3,11H,4-10H2,1H3/b3-2+. The molecule has 0 amide bonds. The van der Waals surface area contributed by atoms with Gasteiger partial charge >= 0.3 is 0 Å². The first-order valence-electron chi connectivity index (χ1n) is 5.26. The Labute approximate surface area is 90.3 Å². The van der Waals surface area contributed by atoms with Crippen LogP contribution in [0.5, 0.6) is 0 Å². The van der Waals surface area contributed by atoms with Crippen molar-refractivity contribution in [2.75, 3.05) is 25.0 Å². The molecule has 13 heavy (non-hydrogen) atoms. The first kappa shape index (κ1) is 11.3. The van der Waals surface area contributed by atoms with Gasteiger partial charge in [-0.1, -0.05) is 28.1 Å². The second kappa shape index (κ2) is 6.61. The highest BCUT2D eigenvalue weighted by Gasteiger charge is 2.17. The molecular formula is C11H20BrN. The van der Waals surface area contributed by atoms with Crippen LogP contribution in [0, 0.1) is 5.92 Å². The second-order valence-electron chi connectivity index (χ2n) is 3.81. The van der Waals surface area contributed by atoms with E-state index in [2.05, 4.69) is 39.9 Å². The third-order valence-electron chi connectivity index (χ3n) is 2.72. The van der Waals surface area contributed by atoms with E-state index < -0.39 is 0 Å². The summed E-state index contributed by atoms with van der Waals surface area (Å²) in [4.78, 5) is 2.57. The van der Waals surface area contributed by atoms with Gasteiger partial charge in [0.1, 0.15) is 0 Å². The SMILES string of the molecule is C/C=C/CN1CCCC(CCBr)C1. The van der Waals surface area contributed by atoms with E-state index in [4.69, 9.17) is 0 Å². The number of rotatable bonds is 4. The van der Waals surface area contributed by atoms with Gasteiger partial charge in [-0.15, -0.1) is 0 Å². The van der Waals surface area contributed by atoms with Gasteiger partial charge in [-0.05, 0) is 38.6 Å². The molecular weight excluding hydrogens is 226 g/mol. The molecule has 76 valence electrons. The summed E-state index contributed by atoms with van der Waals surface area (Å²) in [6, 6.07) is 0. The van der Waals surface area contributed by atoms with Crippen LogP contribution in [-0.2, 0) is 0 Å². The van der Waals surface area contributed by atoms with Crippen molar-refractivity contribution in [2.24, 2.45) is 5.92 Å². The van der Waals surface area contributed by atoms with Gasteiger partial charge in [0.2, 0.25) is 0 Å². The van der Waals surface area contributed by atoms with Gasteiger partial charge in [0.25, 0.3) is 0 Å². The van der Waals surface area contributed by atoms with Crippen molar-refractivity contribution < 1.29 is 0 Å². The lowest BCUT2D eigenvalue weighted by Crippen LogP contribution is -2.35. The molecule has 1 nitrogen and oxygen atoms in total. The number of allylic oxidation sites excluding steroid dienone is 1. The van der Waals surface area contributed by atoms with Gasteiger partial charge < -0.3 is 0 Å². The molecule has 1 saturated heterocycles. The number of nitrogens with zero attached hydrogens (tertiary/aromatic N) is 1. The van der Waals surface area contributed by atoms with Crippen molar-refractivity contribution in [3.63, 3.8) is 0 Å². The van der Waals surface area contributed by atoms with Crippen LogP contribution in [0.15, 0.2) is 12.2 Å². The fourth-order valence-corrected chi connectivity index (χ4v) is 2.61. The van der Waals surface area contributed by atoms with Crippen LogP contribution in [0.2, 0.25) is 0 Å². The van der Waals surface area contributed by atoms with E-state index in [9.17, 15) is 0 Å². The number of piperidine rings is 1. The lowest BCUT2D eigenvalue weighted by Gasteiger charge is -2.31. The Bertz CT molecular complexity index is 154. The largest absolute Gasteiger partial charge is 0.299 e. The quantitative estimate of drug-likeness (QED) is 0.544. The third-order valence-corrected chi connectivity index (χ3v) is 3.18. The Morgan fingerprint density at radius 1 is 1.54 bits per heavy atom. The van der Waals surface area contributed by atoms with E-state index in [1.165, 1.54) is 32.4 Å². The summed E-state index contributed by atoms with van der Waals surface area (Å²) in [5.74, 6) is 0.929. The zero-order chi connectivity index (χ0) is 9.52. The molecule has 2 heteroatoms. The summed E-state index contributed by atoms with van der Waals surface area (Å²) < 4.78 is 0. The van der Waals surface area contributed by atoms with Crippen molar-refractivity contribution in [3.05, 3.63) is 12.2 Å². The van der Waals surface area contributed by atoms with Crippen molar-refractivity contribution >= 4 is 15.9 Å². The summed E-state index contributed by atoms with van der Waals surface area (Å²) in [5.41, 5.74) is 0. The average molecular weight is 246 g/mol. The fraction of sp³-hybridized carbons (Fsp3) is 0.818. The van der Waals surface area contributed by atoms with Crippen LogP contribution in [-0.4, -0.2) is 29.9 Å². The Morgan fingerprint density at radius 2 is 2.38 bits per heavy atom. The molecule has 1 aliphatic heterocycles. The topological polar surface area (TPSA) is 3.24 Å². The molecule has 0 aromatic rings. The lowest BCUT2D eigenvalue weighted by atomic mass is 9.96. The predicted octanol–water partition coefficient (Wildman–Crippen LogP) is 3.06. The summed E-state index contributed by atoms with van der Waals surface area (Å²) in [5, 5.41) is 1.16. The highest BCUT2D eigenvalue weighted by Crippen LogP contribution is 2.19. The van der Waals surface area contributed by atoms with E-state index >= 15 is 0 Å². The monoisotopic (exact) mass is 245 g/mol. The first-order valence-corrected chi connectivity index (χ1v) is 6.38. The summed E-state index contributed by atoms with van der Waals surface area (Å²) in [6.07, 6.45) is 8.56. The van der Waals surface area contributed by atoms with Crippen LogP contribution in [0.1, 0.15) is 26.2 Å². The lowest BCUT2D eigenvalue weighted by molar-refractivity contribution is 0.189. The molecule has 1 rings (SSSR count). The Kier molecular flexibility index (Phi) is 5.72. The minimum Gasteiger partial charge on any atom is -0.299 e.